The van der Waals surface area contributed by atoms with Crippen LogP contribution in [-0.2, 0) is 19.6 Å². The highest BCUT2D eigenvalue weighted by molar-refractivity contribution is 9.10. The number of sulfonamides is 1. The molecule has 0 bridgehead atoms. The van der Waals surface area contributed by atoms with Crippen LogP contribution in [0, 0.1) is 6.92 Å². The summed E-state index contributed by atoms with van der Waals surface area (Å²) >= 11 is 3.37. The molecule has 0 aliphatic carbocycles. The van der Waals surface area contributed by atoms with Gasteiger partial charge in [0.1, 0.15) is 6.54 Å². The maximum Gasteiger partial charge on any atom is 0.264 e. The molecule has 9 heteroatoms. The molecular weight excluding hydrogens is 518 g/mol. The lowest BCUT2D eigenvalue weighted by Gasteiger charge is -2.29. The summed E-state index contributed by atoms with van der Waals surface area (Å²) in [7, 11) is -3.95. The van der Waals surface area contributed by atoms with Gasteiger partial charge in [-0.25, -0.2) is 8.42 Å². The number of hydrogen-bond donors (Lipinski definition) is 1. The molecule has 3 aromatic rings. The zero-order valence-corrected chi connectivity index (χ0v) is 21.2. The third kappa shape index (κ3) is 5.78. The molecular formula is C25H26BrN3O4S. The third-order valence-electron chi connectivity index (χ3n) is 5.54. The Kier molecular flexibility index (Phi) is 7.55. The van der Waals surface area contributed by atoms with Gasteiger partial charge < -0.3 is 15.0 Å². The average Bonchev–Trinajstić information content (AvgIpc) is 2.84. The quantitative estimate of drug-likeness (QED) is 0.477. The van der Waals surface area contributed by atoms with Gasteiger partial charge in [0.05, 0.1) is 23.8 Å². The van der Waals surface area contributed by atoms with E-state index in [9.17, 15) is 13.2 Å². The second kappa shape index (κ2) is 10.6. The Balaban J connectivity index is 1.53. The minimum absolute atomic E-state index is 0.128. The monoisotopic (exact) mass is 543 g/mol. The van der Waals surface area contributed by atoms with E-state index < -0.39 is 15.9 Å². The van der Waals surface area contributed by atoms with E-state index in [4.69, 9.17) is 4.74 Å². The van der Waals surface area contributed by atoms with E-state index in [0.717, 1.165) is 33.1 Å². The summed E-state index contributed by atoms with van der Waals surface area (Å²) in [4.78, 5) is 15.3. The third-order valence-corrected chi connectivity index (χ3v) is 7.85. The summed E-state index contributed by atoms with van der Waals surface area (Å²) in [5, 5.41) is 2.82. The number of ether oxygens (including phenoxy) is 1. The number of amides is 1. The highest BCUT2D eigenvalue weighted by atomic mass is 79.9. The maximum absolute atomic E-state index is 13.5. The van der Waals surface area contributed by atoms with Crippen molar-refractivity contribution in [2.75, 3.05) is 47.4 Å². The predicted molar refractivity (Wildman–Crippen MR) is 138 cm³/mol. The van der Waals surface area contributed by atoms with Gasteiger partial charge in [0.2, 0.25) is 5.91 Å². The van der Waals surface area contributed by atoms with Gasteiger partial charge in [-0.2, -0.15) is 0 Å². The van der Waals surface area contributed by atoms with Crippen LogP contribution >= 0.6 is 15.9 Å². The first-order chi connectivity index (χ1) is 16.3. The Morgan fingerprint density at radius 3 is 2.21 bits per heavy atom. The van der Waals surface area contributed by atoms with E-state index in [0.29, 0.717) is 24.6 Å². The molecule has 0 saturated carbocycles. The van der Waals surface area contributed by atoms with Crippen molar-refractivity contribution in [1.82, 2.24) is 0 Å². The van der Waals surface area contributed by atoms with Crippen LogP contribution < -0.4 is 14.5 Å². The normalized spacial score (nSPS) is 14.0. The molecule has 1 aliphatic heterocycles. The molecule has 0 aromatic heterocycles. The first-order valence-corrected chi connectivity index (χ1v) is 13.1. The topological polar surface area (TPSA) is 79.0 Å². The fraction of sp³-hybridized carbons (Fsp3) is 0.240. The number of nitrogens with zero attached hydrogens (tertiary/aromatic N) is 2. The van der Waals surface area contributed by atoms with Gasteiger partial charge >= 0.3 is 0 Å². The molecule has 1 amide bonds. The van der Waals surface area contributed by atoms with Gasteiger partial charge in [0.25, 0.3) is 10.0 Å². The van der Waals surface area contributed by atoms with Crippen molar-refractivity contribution in [2.45, 2.75) is 11.8 Å². The molecule has 1 N–H and O–H groups in total. The number of halogens is 1. The molecule has 1 fully saturated rings. The summed E-state index contributed by atoms with van der Waals surface area (Å²) in [5.41, 5.74) is 3.01. The van der Waals surface area contributed by atoms with E-state index in [2.05, 4.69) is 26.1 Å². The number of nitrogens with one attached hydrogen (secondary N) is 1. The van der Waals surface area contributed by atoms with E-state index in [-0.39, 0.29) is 11.4 Å². The largest absolute Gasteiger partial charge is 0.378 e. The molecule has 0 radical (unpaired) electrons. The van der Waals surface area contributed by atoms with Gasteiger partial charge in [-0.3, -0.25) is 9.10 Å². The van der Waals surface area contributed by atoms with Crippen molar-refractivity contribution in [3.8, 4) is 0 Å². The highest BCUT2D eigenvalue weighted by Crippen LogP contribution is 2.26. The lowest BCUT2D eigenvalue weighted by molar-refractivity contribution is -0.114. The van der Waals surface area contributed by atoms with Gasteiger partial charge in [-0.05, 0) is 67.6 Å². The zero-order chi connectivity index (χ0) is 24.1. The van der Waals surface area contributed by atoms with E-state index in [1.54, 1.807) is 48.5 Å². The summed E-state index contributed by atoms with van der Waals surface area (Å²) in [6, 6.07) is 20.9. The van der Waals surface area contributed by atoms with E-state index in [1.165, 1.54) is 0 Å². The van der Waals surface area contributed by atoms with Crippen LogP contribution in [-0.4, -0.2) is 47.2 Å². The highest BCUT2D eigenvalue weighted by Gasteiger charge is 2.27. The molecule has 1 saturated heterocycles. The van der Waals surface area contributed by atoms with Gasteiger partial charge in [-0.15, -0.1) is 0 Å². The van der Waals surface area contributed by atoms with Crippen LogP contribution in [0.1, 0.15) is 5.56 Å². The standard InChI is InChI=1S/C25H26BrN3O4S/c1-19-2-12-24(13-3-19)34(31,32)29(23-8-4-20(26)5-9-23)18-25(30)27-21-6-10-22(11-7-21)28-14-16-33-17-15-28/h2-13H,14-18H2,1H3,(H,27,30). The number of hydrogen-bond acceptors (Lipinski definition) is 5. The van der Waals surface area contributed by atoms with Crippen LogP contribution in [0.2, 0.25) is 0 Å². The Hall–Kier alpha value is -2.88. The number of benzene rings is 3. The molecule has 1 heterocycles. The number of carbonyl (C=O) groups is 1. The fourth-order valence-electron chi connectivity index (χ4n) is 3.67. The van der Waals surface area contributed by atoms with Crippen molar-refractivity contribution in [3.63, 3.8) is 0 Å². The number of carbonyl (C=O) groups excluding carboxylic acids is 1. The van der Waals surface area contributed by atoms with Crippen LogP contribution in [0.5, 0.6) is 0 Å². The summed E-state index contributed by atoms with van der Waals surface area (Å²) < 4.78 is 34.2. The lowest BCUT2D eigenvalue weighted by Crippen LogP contribution is -2.38. The Morgan fingerprint density at radius 1 is 0.971 bits per heavy atom. The van der Waals surface area contributed by atoms with Crippen molar-refractivity contribution >= 4 is 48.9 Å². The van der Waals surface area contributed by atoms with Gasteiger partial charge in [0.15, 0.2) is 0 Å². The number of aryl methyl sites for hydroxylation is 1. The van der Waals surface area contributed by atoms with Gasteiger partial charge in [0, 0.05) is 28.9 Å². The van der Waals surface area contributed by atoms with Crippen LogP contribution in [0.4, 0.5) is 17.1 Å². The Labute approximate surface area is 208 Å². The molecule has 1 aliphatic rings. The van der Waals surface area contributed by atoms with E-state index in [1.807, 2.05) is 31.2 Å². The second-order valence-electron chi connectivity index (χ2n) is 8.00. The van der Waals surface area contributed by atoms with Gasteiger partial charge in [-0.1, -0.05) is 33.6 Å². The SMILES string of the molecule is Cc1ccc(S(=O)(=O)N(CC(=O)Nc2ccc(N3CCOCC3)cc2)c2ccc(Br)cc2)cc1. The minimum Gasteiger partial charge on any atom is -0.378 e. The summed E-state index contributed by atoms with van der Waals surface area (Å²) in [6.07, 6.45) is 0. The number of rotatable bonds is 7. The molecule has 178 valence electrons. The molecule has 34 heavy (non-hydrogen) atoms. The number of anilines is 3. The minimum atomic E-state index is -3.95. The van der Waals surface area contributed by atoms with Crippen molar-refractivity contribution in [1.29, 1.82) is 0 Å². The van der Waals surface area contributed by atoms with Crippen molar-refractivity contribution in [2.24, 2.45) is 0 Å². The Morgan fingerprint density at radius 2 is 1.59 bits per heavy atom. The average molecular weight is 544 g/mol. The maximum atomic E-state index is 13.5. The zero-order valence-electron chi connectivity index (χ0n) is 18.8. The fourth-order valence-corrected chi connectivity index (χ4v) is 5.35. The Bertz CT molecular complexity index is 1220. The second-order valence-corrected chi connectivity index (χ2v) is 10.8. The first-order valence-electron chi connectivity index (χ1n) is 10.9. The van der Waals surface area contributed by atoms with Crippen molar-refractivity contribution < 1.29 is 17.9 Å². The first kappa shape index (κ1) is 24.3. The summed E-state index contributed by atoms with van der Waals surface area (Å²) in [6.45, 7) is 4.57. The molecule has 7 nitrogen and oxygen atoms in total. The van der Waals surface area contributed by atoms with Crippen LogP contribution in [0.3, 0.4) is 0 Å². The molecule has 3 aromatic carbocycles. The van der Waals surface area contributed by atoms with Crippen LogP contribution in [0.25, 0.3) is 0 Å². The van der Waals surface area contributed by atoms with Crippen LogP contribution in [0.15, 0.2) is 82.2 Å². The lowest BCUT2D eigenvalue weighted by atomic mass is 10.2. The molecule has 0 atom stereocenters. The van der Waals surface area contributed by atoms with E-state index >= 15 is 0 Å². The number of morpholine rings is 1. The predicted octanol–water partition coefficient (Wildman–Crippen LogP) is 4.43. The summed E-state index contributed by atoms with van der Waals surface area (Å²) in [5.74, 6) is -0.433. The van der Waals surface area contributed by atoms with Crippen molar-refractivity contribution in [3.05, 3.63) is 82.8 Å². The smallest absolute Gasteiger partial charge is 0.264 e. The molecule has 0 unspecified atom stereocenters. The molecule has 0 spiro atoms. The molecule has 4 rings (SSSR count).